The molecule has 0 bridgehead atoms. The normalized spacial score (nSPS) is 22.3. The van der Waals surface area contributed by atoms with Gasteiger partial charge in [0, 0.05) is 6.42 Å². The Kier molecular flexibility index (Phi) is 2.24. The van der Waals surface area contributed by atoms with Gasteiger partial charge in [0.05, 0.1) is 0 Å². The standard InChI is InChI=1S/C9H12BrNO/c10-9-4-7-6(5-11)2-1-3-8(7)12-9/h4,6H,1-3,5,11H2. The van der Waals surface area contributed by atoms with Crippen LogP contribution in [0.2, 0.25) is 0 Å². The first-order valence-electron chi connectivity index (χ1n) is 4.29. The van der Waals surface area contributed by atoms with E-state index in [-0.39, 0.29) is 0 Å². The minimum Gasteiger partial charge on any atom is -0.454 e. The summed E-state index contributed by atoms with van der Waals surface area (Å²) < 4.78 is 6.34. The van der Waals surface area contributed by atoms with Crippen molar-refractivity contribution in [1.29, 1.82) is 0 Å². The number of rotatable bonds is 1. The maximum absolute atomic E-state index is 5.67. The quantitative estimate of drug-likeness (QED) is 0.804. The molecular weight excluding hydrogens is 218 g/mol. The Morgan fingerprint density at radius 3 is 3.25 bits per heavy atom. The Balaban J connectivity index is 2.36. The second kappa shape index (κ2) is 3.23. The molecule has 0 aliphatic heterocycles. The summed E-state index contributed by atoms with van der Waals surface area (Å²) in [6, 6.07) is 2.06. The third kappa shape index (κ3) is 1.31. The number of halogens is 1. The van der Waals surface area contributed by atoms with Crippen LogP contribution in [-0.2, 0) is 6.42 Å². The zero-order valence-electron chi connectivity index (χ0n) is 6.85. The second-order valence-corrected chi connectivity index (χ2v) is 4.04. The molecule has 12 heavy (non-hydrogen) atoms. The van der Waals surface area contributed by atoms with E-state index >= 15 is 0 Å². The Labute approximate surface area is 80.3 Å². The number of furan rings is 1. The van der Waals surface area contributed by atoms with E-state index < -0.39 is 0 Å². The van der Waals surface area contributed by atoms with Crippen molar-refractivity contribution in [1.82, 2.24) is 0 Å². The number of nitrogens with two attached hydrogens (primary N) is 1. The van der Waals surface area contributed by atoms with E-state index in [1.165, 1.54) is 18.4 Å². The van der Waals surface area contributed by atoms with Crippen molar-refractivity contribution in [3.8, 4) is 0 Å². The molecule has 0 saturated heterocycles. The van der Waals surface area contributed by atoms with Crippen LogP contribution >= 0.6 is 15.9 Å². The van der Waals surface area contributed by atoms with E-state index in [1.807, 2.05) is 0 Å². The van der Waals surface area contributed by atoms with E-state index in [0.29, 0.717) is 5.92 Å². The maximum atomic E-state index is 5.67. The number of fused-ring (bicyclic) bond motifs is 1. The van der Waals surface area contributed by atoms with Gasteiger partial charge in [-0.2, -0.15) is 0 Å². The Morgan fingerprint density at radius 1 is 1.67 bits per heavy atom. The fourth-order valence-electron chi connectivity index (χ4n) is 1.86. The number of hydrogen-bond acceptors (Lipinski definition) is 2. The van der Waals surface area contributed by atoms with Gasteiger partial charge in [-0.3, -0.25) is 0 Å². The fraction of sp³-hybridized carbons (Fsp3) is 0.556. The topological polar surface area (TPSA) is 39.2 Å². The average molecular weight is 230 g/mol. The lowest BCUT2D eigenvalue weighted by atomic mass is 9.87. The molecule has 0 spiro atoms. The van der Waals surface area contributed by atoms with Gasteiger partial charge in [0.25, 0.3) is 0 Å². The van der Waals surface area contributed by atoms with Crippen LogP contribution in [0.4, 0.5) is 0 Å². The van der Waals surface area contributed by atoms with Crippen LogP contribution in [0.15, 0.2) is 15.2 Å². The number of hydrogen-bond donors (Lipinski definition) is 1. The lowest BCUT2D eigenvalue weighted by molar-refractivity contribution is 0.440. The van der Waals surface area contributed by atoms with E-state index in [1.54, 1.807) is 0 Å². The van der Waals surface area contributed by atoms with Crippen molar-refractivity contribution in [3.63, 3.8) is 0 Å². The van der Waals surface area contributed by atoms with Crippen LogP contribution < -0.4 is 5.73 Å². The highest BCUT2D eigenvalue weighted by Crippen LogP contribution is 2.34. The Morgan fingerprint density at radius 2 is 2.50 bits per heavy atom. The molecule has 3 heteroatoms. The van der Waals surface area contributed by atoms with Crippen molar-refractivity contribution in [2.24, 2.45) is 5.73 Å². The summed E-state index contributed by atoms with van der Waals surface area (Å²) in [6.07, 6.45) is 3.47. The first-order valence-corrected chi connectivity index (χ1v) is 5.08. The number of aryl methyl sites for hydroxylation is 1. The van der Waals surface area contributed by atoms with Gasteiger partial charge < -0.3 is 10.2 Å². The Bertz CT molecular complexity index is 282. The van der Waals surface area contributed by atoms with Gasteiger partial charge in [-0.15, -0.1) is 0 Å². The van der Waals surface area contributed by atoms with Gasteiger partial charge in [-0.1, -0.05) is 0 Å². The highest BCUT2D eigenvalue weighted by molar-refractivity contribution is 9.10. The fourth-order valence-corrected chi connectivity index (χ4v) is 2.30. The molecule has 2 N–H and O–H groups in total. The first-order chi connectivity index (χ1) is 5.81. The molecule has 0 fully saturated rings. The summed E-state index contributed by atoms with van der Waals surface area (Å²) >= 11 is 3.34. The summed E-state index contributed by atoms with van der Waals surface area (Å²) in [5.41, 5.74) is 6.99. The molecule has 1 aromatic heterocycles. The predicted molar refractivity (Wildman–Crippen MR) is 51.1 cm³/mol. The smallest absolute Gasteiger partial charge is 0.169 e. The van der Waals surface area contributed by atoms with Crippen LogP contribution in [-0.4, -0.2) is 6.54 Å². The monoisotopic (exact) mass is 229 g/mol. The molecule has 1 unspecified atom stereocenters. The first kappa shape index (κ1) is 8.32. The Hall–Kier alpha value is -0.280. The highest BCUT2D eigenvalue weighted by atomic mass is 79.9. The minimum atomic E-state index is 0.517. The zero-order chi connectivity index (χ0) is 8.55. The van der Waals surface area contributed by atoms with Crippen LogP contribution in [0.25, 0.3) is 0 Å². The largest absolute Gasteiger partial charge is 0.454 e. The highest BCUT2D eigenvalue weighted by Gasteiger charge is 2.22. The lowest BCUT2D eigenvalue weighted by Crippen LogP contribution is -2.16. The maximum Gasteiger partial charge on any atom is 0.169 e. The molecule has 2 rings (SSSR count). The zero-order valence-corrected chi connectivity index (χ0v) is 8.43. The van der Waals surface area contributed by atoms with Gasteiger partial charge in [0.2, 0.25) is 0 Å². The molecule has 1 aromatic rings. The molecule has 1 aliphatic rings. The van der Waals surface area contributed by atoms with Gasteiger partial charge in [-0.25, -0.2) is 0 Å². The van der Waals surface area contributed by atoms with Crippen molar-refractivity contribution in [2.45, 2.75) is 25.2 Å². The van der Waals surface area contributed by atoms with E-state index in [2.05, 4.69) is 22.0 Å². The molecule has 1 heterocycles. The molecule has 0 amide bonds. The van der Waals surface area contributed by atoms with Crippen molar-refractivity contribution >= 4 is 15.9 Å². The molecule has 0 aromatic carbocycles. The van der Waals surface area contributed by atoms with Crippen LogP contribution in [0.3, 0.4) is 0 Å². The summed E-state index contributed by atoms with van der Waals surface area (Å²) in [5.74, 6) is 1.65. The van der Waals surface area contributed by atoms with E-state index in [0.717, 1.165) is 23.4 Å². The third-order valence-corrected chi connectivity index (χ3v) is 2.88. The summed E-state index contributed by atoms with van der Waals surface area (Å²) in [4.78, 5) is 0. The van der Waals surface area contributed by atoms with Crippen LogP contribution in [0.5, 0.6) is 0 Å². The van der Waals surface area contributed by atoms with Gasteiger partial charge in [-0.05, 0) is 52.9 Å². The summed E-state index contributed by atoms with van der Waals surface area (Å²) in [7, 11) is 0. The van der Waals surface area contributed by atoms with Crippen LogP contribution in [0, 0.1) is 0 Å². The lowest BCUT2D eigenvalue weighted by Gasteiger charge is -2.18. The molecule has 1 atom stereocenters. The molecular formula is C9H12BrNO. The SMILES string of the molecule is NCC1CCCc2oc(Br)cc21. The minimum absolute atomic E-state index is 0.517. The van der Waals surface area contributed by atoms with Crippen molar-refractivity contribution < 1.29 is 4.42 Å². The molecule has 66 valence electrons. The van der Waals surface area contributed by atoms with Gasteiger partial charge >= 0.3 is 0 Å². The molecule has 2 nitrogen and oxygen atoms in total. The van der Waals surface area contributed by atoms with E-state index in [9.17, 15) is 0 Å². The van der Waals surface area contributed by atoms with E-state index in [4.69, 9.17) is 10.2 Å². The van der Waals surface area contributed by atoms with Crippen molar-refractivity contribution in [3.05, 3.63) is 22.1 Å². The van der Waals surface area contributed by atoms with Gasteiger partial charge in [0.1, 0.15) is 5.76 Å². The molecule has 0 saturated carbocycles. The summed E-state index contributed by atoms with van der Waals surface area (Å²) in [6.45, 7) is 0.735. The average Bonchev–Trinajstić information content (AvgIpc) is 2.44. The molecule has 0 radical (unpaired) electrons. The van der Waals surface area contributed by atoms with Crippen molar-refractivity contribution in [2.75, 3.05) is 6.54 Å². The summed E-state index contributed by atoms with van der Waals surface area (Å²) in [5, 5.41) is 0. The van der Waals surface area contributed by atoms with Crippen LogP contribution in [0.1, 0.15) is 30.1 Å². The second-order valence-electron chi connectivity index (χ2n) is 3.25. The predicted octanol–water partition coefficient (Wildman–Crippen LogP) is 2.42. The third-order valence-electron chi connectivity index (χ3n) is 2.49. The van der Waals surface area contributed by atoms with Gasteiger partial charge in [0.15, 0.2) is 4.67 Å². The molecule has 1 aliphatic carbocycles.